The van der Waals surface area contributed by atoms with Crippen LogP contribution in [0.2, 0.25) is 0 Å². The van der Waals surface area contributed by atoms with Gasteiger partial charge in [-0.3, -0.25) is 4.79 Å². The summed E-state index contributed by atoms with van der Waals surface area (Å²) < 4.78 is 7.81. The molecule has 1 aromatic heterocycles. The first kappa shape index (κ1) is 25.6. The lowest BCUT2D eigenvalue weighted by atomic mass is 9.95. The number of hydrogen-bond donors (Lipinski definition) is 2. The zero-order valence-corrected chi connectivity index (χ0v) is 22.6. The van der Waals surface area contributed by atoms with E-state index in [4.69, 9.17) is 9.84 Å². The van der Waals surface area contributed by atoms with Gasteiger partial charge in [-0.05, 0) is 60.6 Å². The van der Waals surface area contributed by atoms with Crippen LogP contribution >= 0.6 is 11.8 Å². The Morgan fingerprint density at radius 3 is 2.58 bits per heavy atom. The molecule has 0 bridgehead atoms. The molecule has 8 heteroatoms. The Morgan fingerprint density at radius 2 is 1.84 bits per heavy atom. The normalized spacial score (nSPS) is 14.6. The van der Waals surface area contributed by atoms with Crippen LogP contribution < -0.4 is 15.4 Å². The third kappa shape index (κ3) is 5.75. The zero-order valence-electron chi connectivity index (χ0n) is 21.8. The Balaban J connectivity index is 1.41. The third-order valence-electron chi connectivity index (χ3n) is 6.33. The molecule has 3 aromatic carbocycles. The fourth-order valence-electron chi connectivity index (χ4n) is 4.52. The van der Waals surface area contributed by atoms with Gasteiger partial charge in [0.05, 0.1) is 12.2 Å². The Labute approximate surface area is 227 Å². The molecule has 0 radical (unpaired) electrons. The molecule has 1 atom stereocenters. The molecule has 0 spiro atoms. The van der Waals surface area contributed by atoms with Crippen molar-refractivity contribution in [1.29, 1.82) is 0 Å². The van der Waals surface area contributed by atoms with Gasteiger partial charge < -0.3 is 15.4 Å². The summed E-state index contributed by atoms with van der Waals surface area (Å²) in [5.74, 6) is 2.08. The number of aryl methyl sites for hydroxylation is 1. The molecule has 0 saturated carbocycles. The van der Waals surface area contributed by atoms with Crippen LogP contribution in [0, 0.1) is 6.92 Å². The van der Waals surface area contributed by atoms with E-state index in [0.29, 0.717) is 23.3 Å². The Hall–Kier alpha value is -4.04. The van der Waals surface area contributed by atoms with E-state index in [2.05, 4.69) is 34.7 Å². The van der Waals surface area contributed by atoms with Gasteiger partial charge in [0.25, 0.3) is 5.91 Å². The van der Waals surface area contributed by atoms with E-state index in [1.54, 1.807) is 16.4 Å². The SMILES string of the molecule is CCSc1nc2n(n1)C(c1ccc(OCCc3ccccc3)cc1)C(C(=O)Nc1cccc(C)c1)=C(C)N2. The summed E-state index contributed by atoms with van der Waals surface area (Å²) in [7, 11) is 0. The first-order chi connectivity index (χ1) is 18.5. The molecule has 2 heterocycles. The van der Waals surface area contributed by atoms with Gasteiger partial charge in [0.1, 0.15) is 11.8 Å². The number of rotatable bonds is 9. The monoisotopic (exact) mass is 525 g/mol. The summed E-state index contributed by atoms with van der Waals surface area (Å²) in [6.07, 6.45) is 0.836. The minimum Gasteiger partial charge on any atom is -0.493 e. The fraction of sp³-hybridized carbons (Fsp3) is 0.233. The number of nitrogens with one attached hydrogen (secondary N) is 2. The highest BCUT2D eigenvalue weighted by atomic mass is 32.2. The second-order valence-electron chi connectivity index (χ2n) is 9.14. The van der Waals surface area contributed by atoms with E-state index in [0.717, 1.165) is 40.4 Å². The average Bonchev–Trinajstić information content (AvgIpc) is 3.31. The van der Waals surface area contributed by atoms with Crippen molar-refractivity contribution < 1.29 is 9.53 Å². The lowest BCUT2D eigenvalue weighted by Gasteiger charge is -2.28. The molecule has 194 valence electrons. The maximum atomic E-state index is 13.7. The minimum atomic E-state index is -0.437. The number of carbonyl (C=O) groups excluding carboxylic acids is 1. The number of fused-ring (bicyclic) bond motifs is 1. The highest BCUT2D eigenvalue weighted by Gasteiger charge is 2.34. The first-order valence-electron chi connectivity index (χ1n) is 12.7. The van der Waals surface area contributed by atoms with Gasteiger partial charge in [-0.1, -0.05) is 73.3 Å². The second-order valence-corrected chi connectivity index (χ2v) is 10.4. The molecule has 1 amide bonds. The van der Waals surface area contributed by atoms with Crippen molar-refractivity contribution in [2.45, 2.75) is 38.4 Å². The van der Waals surface area contributed by atoms with Gasteiger partial charge in [0, 0.05) is 17.8 Å². The van der Waals surface area contributed by atoms with Crippen molar-refractivity contribution >= 4 is 29.3 Å². The number of thioether (sulfide) groups is 1. The Kier molecular flexibility index (Phi) is 7.79. The molecular formula is C30H31N5O2S. The van der Waals surface area contributed by atoms with Crippen LogP contribution in [-0.4, -0.2) is 33.0 Å². The van der Waals surface area contributed by atoms with E-state index in [1.165, 1.54) is 5.56 Å². The van der Waals surface area contributed by atoms with Crippen molar-refractivity contribution in [3.63, 3.8) is 0 Å². The van der Waals surface area contributed by atoms with Crippen molar-refractivity contribution in [1.82, 2.24) is 14.8 Å². The quantitative estimate of drug-likeness (QED) is 0.252. The molecule has 2 N–H and O–H groups in total. The summed E-state index contributed by atoms with van der Waals surface area (Å²) in [4.78, 5) is 18.3. The highest BCUT2D eigenvalue weighted by Crippen LogP contribution is 2.37. The van der Waals surface area contributed by atoms with E-state index in [1.807, 2.05) is 80.6 Å². The topological polar surface area (TPSA) is 81.1 Å². The first-order valence-corrected chi connectivity index (χ1v) is 13.7. The summed E-state index contributed by atoms with van der Waals surface area (Å²) in [6.45, 7) is 6.56. The predicted octanol–water partition coefficient (Wildman–Crippen LogP) is 6.25. The Bertz CT molecular complexity index is 1450. The van der Waals surface area contributed by atoms with Crippen LogP contribution in [-0.2, 0) is 11.2 Å². The van der Waals surface area contributed by atoms with Crippen LogP contribution in [0.15, 0.2) is 95.3 Å². The lowest BCUT2D eigenvalue weighted by Crippen LogP contribution is -2.31. The lowest BCUT2D eigenvalue weighted by molar-refractivity contribution is -0.113. The second kappa shape index (κ2) is 11.6. The number of aromatic nitrogens is 3. The number of amides is 1. The minimum absolute atomic E-state index is 0.181. The number of ether oxygens (including phenoxy) is 1. The molecule has 1 aliphatic rings. The van der Waals surface area contributed by atoms with Crippen LogP contribution in [0.5, 0.6) is 5.75 Å². The molecule has 0 fully saturated rings. The van der Waals surface area contributed by atoms with Gasteiger partial charge in [0.15, 0.2) is 0 Å². The van der Waals surface area contributed by atoms with Crippen LogP contribution in [0.1, 0.15) is 36.6 Å². The standard InChI is InChI=1S/C30H31N5O2S/c1-4-38-30-33-29-31-21(3)26(28(36)32-24-12-8-9-20(2)19-24)27(35(29)34-30)23-13-15-25(16-14-23)37-18-17-22-10-6-5-7-11-22/h5-16,19,27H,4,17-18H2,1-3H3,(H,32,36)(H,31,33,34). The van der Waals surface area contributed by atoms with Crippen LogP contribution in [0.4, 0.5) is 11.6 Å². The molecule has 1 aliphatic heterocycles. The predicted molar refractivity (Wildman–Crippen MR) is 153 cm³/mol. The van der Waals surface area contributed by atoms with Crippen molar-refractivity contribution in [3.05, 3.63) is 107 Å². The van der Waals surface area contributed by atoms with Crippen molar-refractivity contribution in [2.24, 2.45) is 0 Å². The summed E-state index contributed by atoms with van der Waals surface area (Å²) >= 11 is 1.57. The largest absolute Gasteiger partial charge is 0.493 e. The fourth-order valence-corrected chi connectivity index (χ4v) is 5.08. The number of benzene rings is 3. The Morgan fingerprint density at radius 1 is 1.05 bits per heavy atom. The summed E-state index contributed by atoms with van der Waals surface area (Å²) in [6, 6.07) is 25.5. The average molecular weight is 526 g/mol. The van der Waals surface area contributed by atoms with E-state index in [-0.39, 0.29) is 5.91 Å². The molecule has 38 heavy (non-hydrogen) atoms. The molecule has 7 nitrogen and oxygen atoms in total. The number of anilines is 2. The highest BCUT2D eigenvalue weighted by molar-refractivity contribution is 7.99. The van der Waals surface area contributed by atoms with E-state index in [9.17, 15) is 4.79 Å². The van der Waals surface area contributed by atoms with Gasteiger partial charge in [-0.25, -0.2) is 4.68 Å². The van der Waals surface area contributed by atoms with Gasteiger partial charge in [0.2, 0.25) is 11.1 Å². The molecule has 1 unspecified atom stereocenters. The number of allylic oxidation sites excluding steroid dienone is 1. The van der Waals surface area contributed by atoms with Gasteiger partial charge >= 0.3 is 0 Å². The molecular weight excluding hydrogens is 494 g/mol. The molecule has 4 aromatic rings. The van der Waals surface area contributed by atoms with Crippen LogP contribution in [0.3, 0.4) is 0 Å². The van der Waals surface area contributed by atoms with Gasteiger partial charge in [-0.15, -0.1) is 5.10 Å². The molecule has 0 aliphatic carbocycles. The number of hydrogen-bond acceptors (Lipinski definition) is 6. The van der Waals surface area contributed by atoms with E-state index >= 15 is 0 Å². The van der Waals surface area contributed by atoms with Gasteiger partial charge in [-0.2, -0.15) is 4.98 Å². The summed E-state index contributed by atoms with van der Waals surface area (Å²) in [5, 5.41) is 11.8. The maximum absolute atomic E-state index is 13.7. The number of nitrogens with zero attached hydrogens (tertiary/aromatic N) is 3. The van der Waals surface area contributed by atoms with E-state index < -0.39 is 6.04 Å². The summed E-state index contributed by atoms with van der Waals surface area (Å²) in [5.41, 5.74) is 5.33. The van der Waals surface area contributed by atoms with Crippen molar-refractivity contribution in [3.8, 4) is 5.75 Å². The molecule has 0 saturated heterocycles. The number of carbonyl (C=O) groups is 1. The smallest absolute Gasteiger partial charge is 0.255 e. The maximum Gasteiger partial charge on any atom is 0.255 e. The third-order valence-corrected chi connectivity index (χ3v) is 7.05. The van der Waals surface area contributed by atoms with Crippen LogP contribution in [0.25, 0.3) is 0 Å². The molecule has 5 rings (SSSR count). The zero-order chi connectivity index (χ0) is 26.5. The van der Waals surface area contributed by atoms with Crippen molar-refractivity contribution in [2.75, 3.05) is 23.0 Å².